The lowest BCUT2D eigenvalue weighted by molar-refractivity contribution is 1.10. The molecule has 0 aliphatic carbocycles. The van der Waals surface area contributed by atoms with Gasteiger partial charge in [0.05, 0.1) is 0 Å². The van der Waals surface area contributed by atoms with Crippen LogP contribution in [0.3, 0.4) is 0 Å². The number of nitriles is 1. The molecule has 1 rings (SSSR count). The predicted octanol–water partition coefficient (Wildman–Crippen LogP) is 1.34. The second-order valence-corrected chi connectivity index (χ2v) is 2.71. The SMILES string of the molecule is C=C(C)CNc1cc(C#N)ncn1. The number of nitrogens with one attached hydrogen (secondary N) is 1. The summed E-state index contributed by atoms with van der Waals surface area (Å²) in [5.41, 5.74) is 1.37. The fourth-order valence-electron chi connectivity index (χ4n) is 0.757. The normalized spacial score (nSPS) is 8.92. The average molecular weight is 174 g/mol. The molecule has 0 fully saturated rings. The molecule has 0 aliphatic heterocycles. The second-order valence-electron chi connectivity index (χ2n) is 2.71. The molecule has 1 N–H and O–H groups in total. The molecule has 1 heterocycles. The first-order valence-corrected chi connectivity index (χ1v) is 3.83. The van der Waals surface area contributed by atoms with E-state index in [2.05, 4.69) is 21.9 Å². The monoisotopic (exact) mass is 174 g/mol. The molecular formula is C9H10N4. The summed E-state index contributed by atoms with van der Waals surface area (Å²) in [5, 5.41) is 11.6. The summed E-state index contributed by atoms with van der Waals surface area (Å²) in [5.74, 6) is 0.648. The van der Waals surface area contributed by atoms with Gasteiger partial charge in [0.15, 0.2) is 0 Å². The molecule has 4 heteroatoms. The third kappa shape index (κ3) is 2.91. The van der Waals surface area contributed by atoms with Gasteiger partial charge in [-0.3, -0.25) is 0 Å². The Morgan fingerprint density at radius 1 is 1.69 bits per heavy atom. The molecule has 0 amide bonds. The van der Waals surface area contributed by atoms with Crippen molar-refractivity contribution in [2.24, 2.45) is 0 Å². The Kier molecular flexibility index (Phi) is 2.98. The molecule has 0 saturated heterocycles. The summed E-state index contributed by atoms with van der Waals surface area (Å²) in [6.45, 7) is 6.31. The number of hydrogen-bond donors (Lipinski definition) is 1. The van der Waals surface area contributed by atoms with Crippen molar-refractivity contribution >= 4 is 5.82 Å². The standard InChI is InChI=1S/C9H10N4/c1-7(2)5-11-9-3-8(4-10)12-6-13-9/h3,6H,1,5H2,2H3,(H,11,12,13). The molecule has 1 aromatic rings. The fraction of sp³-hybridized carbons (Fsp3) is 0.222. The van der Waals surface area contributed by atoms with Crippen molar-refractivity contribution in [1.82, 2.24) is 9.97 Å². The summed E-state index contributed by atoms with van der Waals surface area (Å²) in [7, 11) is 0. The zero-order chi connectivity index (χ0) is 9.68. The van der Waals surface area contributed by atoms with Crippen LogP contribution in [0.4, 0.5) is 5.82 Å². The van der Waals surface area contributed by atoms with E-state index < -0.39 is 0 Å². The molecule has 0 saturated carbocycles. The van der Waals surface area contributed by atoms with Crippen LogP contribution in [-0.4, -0.2) is 16.5 Å². The topological polar surface area (TPSA) is 61.6 Å². The average Bonchev–Trinajstić information content (AvgIpc) is 2.15. The number of nitrogens with zero attached hydrogens (tertiary/aromatic N) is 3. The number of anilines is 1. The Morgan fingerprint density at radius 3 is 3.08 bits per heavy atom. The molecule has 0 unspecified atom stereocenters. The molecule has 0 aliphatic rings. The highest BCUT2D eigenvalue weighted by Gasteiger charge is 1.95. The molecule has 13 heavy (non-hydrogen) atoms. The van der Waals surface area contributed by atoms with Gasteiger partial charge in [0.25, 0.3) is 0 Å². The van der Waals surface area contributed by atoms with Crippen molar-refractivity contribution in [2.45, 2.75) is 6.92 Å². The van der Waals surface area contributed by atoms with Crippen molar-refractivity contribution < 1.29 is 0 Å². The van der Waals surface area contributed by atoms with Gasteiger partial charge in [0.2, 0.25) is 0 Å². The van der Waals surface area contributed by atoms with E-state index >= 15 is 0 Å². The molecule has 4 nitrogen and oxygen atoms in total. The molecular weight excluding hydrogens is 164 g/mol. The Labute approximate surface area is 76.9 Å². The van der Waals surface area contributed by atoms with Crippen LogP contribution in [-0.2, 0) is 0 Å². The Hall–Kier alpha value is -1.89. The van der Waals surface area contributed by atoms with Gasteiger partial charge in [0.1, 0.15) is 23.9 Å². The Balaban J connectivity index is 2.68. The minimum Gasteiger partial charge on any atom is -0.366 e. The minimum atomic E-state index is 0.360. The highest BCUT2D eigenvalue weighted by Crippen LogP contribution is 2.02. The van der Waals surface area contributed by atoms with E-state index in [0.717, 1.165) is 5.57 Å². The van der Waals surface area contributed by atoms with E-state index in [1.54, 1.807) is 6.07 Å². The van der Waals surface area contributed by atoms with E-state index in [9.17, 15) is 0 Å². The van der Waals surface area contributed by atoms with Crippen LogP contribution in [0.5, 0.6) is 0 Å². The first kappa shape index (κ1) is 9.20. The third-order valence-electron chi connectivity index (χ3n) is 1.35. The second kappa shape index (κ2) is 4.21. The van der Waals surface area contributed by atoms with Crippen LogP contribution < -0.4 is 5.32 Å². The molecule has 0 radical (unpaired) electrons. The first-order chi connectivity index (χ1) is 6.22. The van der Waals surface area contributed by atoms with Gasteiger partial charge in [-0.15, -0.1) is 0 Å². The van der Waals surface area contributed by atoms with Gasteiger partial charge < -0.3 is 5.32 Å². The van der Waals surface area contributed by atoms with Gasteiger partial charge in [0, 0.05) is 12.6 Å². The maximum absolute atomic E-state index is 8.55. The van der Waals surface area contributed by atoms with Crippen molar-refractivity contribution in [3.05, 3.63) is 30.2 Å². The quantitative estimate of drug-likeness (QED) is 0.702. The number of aromatic nitrogens is 2. The smallest absolute Gasteiger partial charge is 0.145 e. The van der Waals surface area contributed by atoms with Crippen molar-refractivity contribution in [2.75, 3.05) is 11.9 Å². The summed E-state index contributed by atoms with van der Waals surface area (Å²) < 4.78 is 0. The van der Waals surface area contributed by atoms with E-state index in [1.165, 1.54) is 6.33 Å². The molecule has 0 bridgehead atoms. The zero-order valence-electron chi connectivity index (χ0n) is 7.41. The van der Waals surface area contributed by atoms with E-state index in [4.69, 9.17) is 5.26 Å². The fourth-order valence-corrected chi connectivity index (χ4v) is 0.757. The maximum atomic E-state index is 8.55. The Morgan fingerprint density at radius 2 is 2.46 bits per heavy atom. The first-order valence-electron chi connectivity index (χ1n) is 3.83. The van der Waals surface area contributed by atoms with E-state index in [0.29, 0.717) is 18.1 Å². The molecule has 66 valence electrons. The largest absolute Gasteiger partial charge is 0.366 e. The summed E-state index contributed by atoms with van der Waals surface area (Å²) in [6.07, 6.45) is 1.36. The van der Waals surface area contributed by atoms with Gasteiger partial charge in [-0.05, 0) is 6.92 Å². The zero-order valence-corrected chi connectivity index (χ0v) is 7.41. The van der Waals surface area contributed by atoms with E-state index in [1.807, 2.05) is 13.0 Å². The Bertz CT molecular complexity index is 351. The van der Waals surface area contributed by atoms with Crippen LogP contribution in [0, 0.1) is 11.3 Å². The summed E-state index contributed by atoms with van der Waals surface area (Å²) in [6, 6.07) is 3.54. The van der Waals surface area contributed by atoms with Crippen LogP contribution in [0.15, 0.2) is 24.5 Å². The minimum absolute atomic E-state index is 0.360. The highest BCUT2D eigenvalue weighted by atomic mass is 15.0. The van der Waals surface area contributed by atoms with Crippen molar-refractivity contribution in [1.29, 1.82) is 5.26 Å². The lowest BCUT2D eigenvalue weighted by Crippen LogP contribution is -2.04. The molecule has 0 aromatic carbocycles. The van der Waals surface area contributed by atoms with Gasteiger partial charge in [-0.25, -0.2) is 9.97 Å². The molecule has 1 aromatic heterocycles. The van der Waals surface area contributed by atoms with Crippen LogP contribution in [0.1, 0.15) is 12.6 Å². The summed E-state index contributed by atoms with van der Waals surface area (Å²) >= 11 is 0. The molecule has 0 spiro atoms. The van der Waals surface area contributed by atoms with Gasteiger partial charge >= 0.3 is 0 Å². The lowest BCUT2D eigenvalue weighted by Gasteiger charge is -2.03. The molecule has 0 atom stereocenters. The third-order valence-corrected chi connectivity index (χ3v) is 1.35. The summed E-state index contributed by atoms with van der Waals surface area (Å²) in [4.78, 5) is 7.70. The van der Waals surface area contributed by atoms with Gasteiger partial charge in [-0.2, -0.15) is 5.26 Å². The van der Waals surface area contributed by atoms with Gasteiger partial charge in [-0.1, -0.05) is 12.2 Å². The number of rotatable bonds is 3. The van der Waals surface area contributed by atoms with Crippen LogP contribution in [0.25, 0.3) is 0 Å². The van der Waals surface area contributed by atoms with Crippen LogP contribution >= 0.6 is 0 Å². The van der Waals surface area contributed by atoms with Crippen LogP contribution in [0.2, 0.25) is 0 Å². The maximum Gasteiger partial charge on any atom is 0.145 e. The number of hydrogen-bond acceptors (Lipinski definition) is 4. The van der Waals surface area contributed by atoms with E-state index in [-0.39, 0.29) is 0 Å². The lowest BCUT2D eigenvalue weighted by atomic mass is 10.3. The van der Waals surface area contributed by atoms with Crippen molar-refractivity contribution in [3.63, 3.8) is 0 Å². The highest BCUT2D eigenvalue weighted by molar-refractivity contribution is 5.39. The van der Waals surface area contributed by atoms with Crippen molar-refractivity contribution in [3.8, 4) is 6.07 Å². The predicted molar refractivity (Wildman–Crippen MR) is 50.1 cm³/mol.